The van der Waals surface area contributed by atoms with Crippen molar-refractivity contribution in [2.45, 2.75) is 37.6 Å². The number of nitrogens with two attached hydrogens (primary N) is 1. The van der Waals surface area contributed by atoms with Crippen molar-refractivity contribution in [3.63, 3.8) is 0 Å². The normalized spacial score (nSPS) is 16.6. The maximum atomic E-state index is 12.9. The maximum Gasteiger partial charge on any atom is 0.244 e. The van der Waals surface area contributed by atoms with E-state index in [-0.39, 0.29) is 17.9 Å². The second-order valence-electron chi connectivity index (χ2n) is 7.46. The Labute approximate surface area is 172 Å². The molecule has 1 aliphatic rings. The Bertz CT molecular complexity index is 991. The number of primary amides is 1. The number of aryl methyl sites for hydroxylation is 1. The molecule has 2 heterocycles. The Hall–Kier alpha value is -3.33. The summed E-state index contributed by atoms with van der Waals surface area (Å²) in [5, 5.41) is 22.4. The zero-order valence-electron chi connectivity index (χ0n) is 16.5. The lowest BCUT2D eigenvalue weighted by molar-refractivity contribution is -0.129. The van der Waals surface area contributed by atoms with Gasteiger partial charge in [0.25, 0.3) is 0 Å². The van der Waals surface area contributed by atoms with Crippen LogP contribution in [0.25, 0.3) is 0 Å². The molecule has 9 nitrogen and oxygen atoms in total. The third-order valence-electron chi connectivity index (χ3n) is 5.29. The summed E-state index contributed by atoms with van der Waals surface area (Å²) < 4.78 is 11.1. The predicted molar refractivity (Wildman–Crippen MR) is 106 cm³/mol. The highest BCUT2D eigenvalue weighted by Crippen LogP contribution is 2.41. The minimum absolute atomic E-state index is 0.0133. The first-order valence-corrected chi connectivity index (χ1v) is 9.51. The highest BCUT2D eigenvalue weighted by molar-refractivity contribution is 5.88. The second-order valence-corrected chi connectivity index (χ2v) is 7.46. The van der Waals surface area contributed by atoms with Crippen LogP contribution in [0.5, 0.6) is 11.5 Å². The molecular formula is C21H24N2O7. The number of phenolic OH excluding ortho intramolecular Hbond substituents is 1. The molecule has 5 N–H and O–H groups in total. The van der Waals surface area contributed by atoms with Crippen molar-refractivity contribution in [2.75, 3.05) is 13.2 Å². The molecule has 0 spiro atoms. The lowest BCUT2D eigenvalue weighted by Gasteiger charge is -2.36. The van der Waals surface area contributed by atoms with Crippen molar-refractivity contribution in [3.8, 4) is 11.5 Å². The summed E-state index contributed by atoms with van der Waals surface area (Å²) in [7, 11) is 0. The van der Waals surface area contributed by atoms with Gasteiger partial charge in [0, 0.05) is 31.1 Å². The van der Waals surface area contributed by atoms with E-state index in [1.54, 1.807) is 6.92 Å². The number of amides is 2. The molecule has 1 fully saturated rings. The van der Waals surface area contributed by atoms with Gasteiger partial charge in [-0.25, -0.2) is 0 Å². The molecule has 160 valence electrons. The lowest BCUT2D eigenvalue weighted by atomic mass is 9.74. The summed E-state index contributed by atoms with van der Waals surface area (Å²) in [5.74, 6) is -1.42. The summed E-state index contributed by atoms with van der Waals surface area (Å²) in [6, 6.07) is 5.82. The highest BCUT2D eigenvalue weighted by atomic mass is 16.5. The van der Waals surface area contributed by atoms with Crippen LogP contribution in [0, 0.1) is 6.92 Å². The maximum absolute atomic E-state index is 12.9. The quantitative estimate of drug-likeness (QED) is 0.551. The van der Waals surface area contributed by atoms with Gasteiger partial charge < -0.3 is 30.4 Å². The summed E-state index contributed by atoms with van der Waals surface area (Å²) in [6.45, 7) is 2.23. The predicted octanol–water partition coefficient (Wildman–Crippen LogP) is 1.14. The van der Waals surface area contributed by atoms with Gasteiger partial charge in [-0.3, -0.25) is 14.4 Å². The van der Waals surface area contributed by atoms with Crippen molar-refractivity contribution >= 4 is 11.8 Å². The van der Waals surface area contributed by atoms with Crippen LogP contribution in [-0.2, 0) is 19.7 Å². The van der Waals surface area contributed by atoms with Crippen LogP contribution in [0.4, 0.5) is 0 Å². The molecule has 30 heavy (non-hydrogen) atoms. The molecule has 1 aromatic heterocycles. The van der Waals surface area contributed by atoms with Crippen molar-refractivity contribution in [2.24, 2.45) is 5.73 Å². The van der Waals surface area contributed by atoms with E-state index in [9.17, 15) is 24.6 Å². The topological polar surface area (TPSA) is 152 Å². The minimum atomic E-state index is -1.10. The summed E-state index contributed by atoms with van der Waals surface area (Å²) in [5.41, 5.74) is 4.33. The largest absolute Gasteiger partial charge is 0.508 e. The van der Waals surface area contributed by atoms with Crippen LogP contribution in [0.15, 0.2) is 39.5 Å². The number of benzene rings is 1. The van der Waals surface area contributed by atoms with Gasteiger partial charge in [0.1, 0.15) is 17.6 Å². The monoisotopic (exact) mass is 416 g/mol. The zero-order valence-corrected chi connectivity index (χ0v) is 16.5. The van der Waals surface area contributed by atoms with E-state index in [1.807, 2.05) is 0 Å². The van der Waals surface area contributed by atoms with Crippen molar-refractivity contribution in [3.05, 3.63) is 57.6 Å². The first kappa shape index (κ1) is 21.4. The molecule has 0 bridgehead atoms. The van der Waals surface area contributed by atoms with Gasteiger partial charge in [0.15, 0.2) is 5.76 Å². The number of nitrogens with one attached hydrogen (secondary N) is 1. The fraction of sp³-hybridized carbons (Fsp3) is 0.381. The van der Waals surface area contributed by atoms with Crippen LogP contribution in [0.3, 0.4) is 0 Å². The molecule has 2 amide bonds. The fourth-order valence-corrected chi connectivity index (χ4v) is 3.71. The standard InChI is InChI=1S/C21H24N2O7/c1-12-10-15(25)18(27)19(30-12)21(6-8-29-9-7-21)11-16(26)23-17(20(22)28)13-2-4-14(24)5-3-13/h2-5,10,17,24,27H,6-9,11H2,1H3,(H2,22,28)(H,23,26)/t17-/m1/s1. The molecule has 1 aliphatic heterocycles. The van der Waals surface area contributed by atoms with Crippen LogP contribution < -0.4 is 16.5 Å². The van der Waals surface area contributed by atoms with Gasteiger partial charge in [0.05, 0.1) is 0 Å². The Balaban J connectivity index is 1.90. The highest BCUT2D eigenvalue weighted by Gasteiger charge is 2.42. The van der Waals surface area contributed by atoms with E-state index in [2.05, 4.69) is 5.32 Å². The van der Waals surface area contributed by atoms with Gasteiger partial charge in [-0.05, 0) is 37.5 Å². The molecule has 1 atom stereocenters. The van der Waals surface area contributed by atoms with Crippen LogP contribution >= 0.6 is 0 Å². The molecule has 0 aliphatic carbocycles. The van der Waals surface area contributed by atoms with Crippen molar-refractivity contribution in [1.29, 1.82) is 0 Å². The van der Waals surface area contributed by atoms with Gasteiger partial charge in [-0.15, -0.1) is 0 Å². The van der Waals surface area contributed by atoms with E-state index >= 15 is 0 Å². The number of carbonyl (C=O) groups excluding carboxylic acids is 2. The fourth-order valence-electron chi connectivity index (χ4n) is 3.71. The van der Waals surface area contributed by atoms with Gasteiger partial charge in [0.2, 0.25) is 23.0 Å². The first-order chi connectivity index (χ1) is 14.2. The second kappa shape index (κ2) is 8.58. The zero-order chi connectivity index (χ0) is 21.9. The molecule has 0 radical (unpaired) electrons. The van der Waals surface area contributed by atoms with Gasteiger partial charge in [-0.2, -0.15) is 0 Å². The Morgan fingerprint density at radius 1 is 1.20 bits per heavy atom. The van der Waals surface area contributed by atoms with Crippen molar-refractivity contribution < 1.29 is 29.0 Å². The third-order valence-corrected chi connectivity index (χ3v) is 5.29. The molecule has 9 heteroatoms. The van der Waals surface area contributed by atoms with E-state index in [0.717, 1.165) is 0 Å². The van der Waals surface area contributed by atoms with E-state index in [0.29, 0.717) is 37.4 Å². The SMILES string of the molecule is Cc1cc(=O)c(O)c(C2(CC(=O)N[C@@H](C(N)=O)c3ccc(O)cc3)CCOCC2)o1. The Morgan fingerprint density at radius 2 is 1.83 bits per heavy atom. The lowest BCUT2D eigenvalue weighted by Crippen LogP contribution is -2.43. The van der Waals surface area contributed by atoms with Crippen LogP contribution in [-0.4, -0.2) is 35.2 Å². The molecule has 0 unspecified atom stereocenters. The average molecular weight is 416 g/mol. The number of ether oxygens (including phenoxy) is 1. The number of aromatic hydroxyl groups is 2. The molecule has 2 aromatic rings. The Kier molecular flexibility index (Phi) is 6.12. The molecular weight excluding hydrogens is 392 g/mol. The number of hydrogen-bond donors (Lipinski definition) is 4. The molecule has 0 saturated carbocycles. The number of rotatable bonds is 6. The van der Waals surface area contributed by atoms with Gasteiger partial charge in [-0.1, -0.05) is 12.1 Å². The van der Waals surface area contributed by atoms with E-state index in [1.165, 1.54) is 30.3 Å². The summed E-state index contributed by atoms with van der Waals surface area (Å²) in [4.78, 5) is 36.9. The van der Waals surface area contributed by atoms with Gasteiger partial charge >= 0.3 is 0 Å². The molecule has 3 rings (SSSR count). The van der Waals surface area contributed by atoms with E-state index < -0.39 is 34.4 Å². The van der Waals surface area contributed by atoms with E-state index in [4.69, 9.17) is 14.9 Å². The number of carbonyl (C=O) groups is 2. The van der Waals surface area contributed by atoms with Crippen LogP contribution in [0.1, 0.15) is 42.4 Å². The summed E-state index contributed by atoms with van der Waals surface area (Å²) >= 11 is 0. The van der Waals surface area contributed by atoms with Crippen molar-refractivity contribution in [1.82, 2.24) is 5.32 Å². The summed E-state index contributed by atoms with van der Waals surface area (Å²) in [6.07, 6.45) is 0.555. The number of phenols is 1. The average Bonchev–Trinajstić information content (AvgIpc) is 2.70. The number of hydrogen-bond acceptors (Lipinski definition) is 7. The minimum Gasteiger partial charge on any atom is -0.508 e. The Morgan fingerprint density at radius 3 is 2.43 bits per heavy atom. The molecule has 1 saturated heterocycles. The smallest absolute Gasteiger partial charge is 0.244 e. The first-order valence-electron chi connectivity index (χ1n) is 9.51. The van der Waals surface area contributed by atoms with Crippen LogP contribution in [0.2, 0.25) is 0 Å². The molecule has 1 aromatic carbocycles. The third kappa shape index (κ3) is 4.46.